The number of furan rings is 1. The van der Waals surface area contributed by atoms with Crippen LogP contribution >= 0.6 is 24.0 Å². The van der Waals surface area contributed by atoms with Crippen LogP contribution in [0.3, 0.4) is 0 Å². The maximum Gasteiger partial charge on any atom is 0.270 e. The van der Waals surface area contributed by atoms with Crippen LogP contribution in [0.25, 0.3) is 17.4 Å². The number of hydrogen-bond donors (Lipinski definition) is 0. The Morgan fingerprint density at radius 3 is 2.62 bits per heavy atom. The van der Waals surface area contributed by atoms with Gasteiger partial charge in [0.1, 0.15) is 15.8 Å². The molecular weight excluding hydrogens is 372 g/mol. The van der Waals surface area contributed by atoms with Gasteiger partial charge in [-0.2, -0.15) is 0 Å². The summed E-state index contributed by atoms with van der Waals surface area (Å²) in [5.41, 5.74) is 0.196. The standard InChI is InChI=1S/C18H16N2O4S2/c1-18(2,3)19-16(21)15(26-17(19)25)10-13-7-8-14(24-13)11-5-4-6-12(9-11)20(22)23/h4-10H,1-3H3/b15-10+. The van der Waals surface area contributed by atoms with E-state index in [1.807, 2.05) is 20.8 Å². The van der Waals surface area contributed by atoms with Gasteiger partial charge in [-0.05, 0) is 32.9 Å². The SMILES string of the molecule is CC(C)(C)N1C(=O)/C(=C\c2ccc(-c3cccc([N+](=O)[O-])c3)o2)SC1=S. The van der Waals surface area contributed by atoms with Crippen molar-refractivity contribution >= 4 is 46.0 Å². The van der Waals surface area contributed by atoms with Crippen LogP contribution in [-0.2, 0) is 4.79 Å². The smallest absolute Gasteiger partial charge is 0.270 e. The van der Waals surface area contributed by atoms with Gasteiger partial charge in [0, 0.05) is 29.3 Å². The molecule has 1 fully saturated rings. The van der Waals surface area contributed by atoms with E-state index in [0.29, 0.717) is 26.3 Å². The highest BCUT2D eigenvalue weighted by Crippen LogP contribution is 2.37. The molecule has 3 rings (SSSR count). The van der Waals surface area contributed by atoms with E-state index < -0.39 is 10.5 Å². The van der Waals surface area contributed by atoms with Crippen LogP contribution in [0.5, 0.6) is 0 Å². The van der Waals surface area contributed by atoms with E-state index in [1.165, 1.54) is 23.9 Å². The second-order valence-electron chi connectivity index (χ2n) is 6.70. The van der Waals surface area contributed by atoms with Gasteiger partial charge in [0.05, 0.1) is 9.83 Å². The predicted molar refractivity (Wildman–Crippen MR) is 106 cm³/mol. The molecule has 1 aliphatic heterocycles. The van der Waals surface area contributed by atoms with Crippen LogP contribution in [0.4, 0.5) is 5.69 Å². The van der Waals surface area contributed by atoms with Crippen molar-refractivity contribution in [2.45, 2.75) is 26.3 Å². The number of rotatable bonds is 3. The second kappa shape index (κ2) is 6.69. The lowest BCUT2D eigenvalue weighted by Crippen LogP contribution is -2.44. The number of thiocarbonyl (C=S) groups is 1. The van der Waals surface area contributed by atoms with E-state index in [0.717, 1.165) is 0 Å². The van der Waals surface area contributed by atoms with Crippen LogP contribution in [-0.4, -0.2) is 25.6 Å². The molecule has 0 atom stereocenters. The summed E-state index contributed by atoms with van der Waals surface area (Å²) in [6.45, 7) is 5.77. The van der Waals surface area contributed by atoms with Crippen molar-refractivity contribution < 1.29 is 14.1 Å². The highest BCUT2D eigenvalue weighted by atomic mass is 32.2. The number of nitro benzene ring substituents is 1. The van der Waals surface area contributed by atoms with Gasteiger partial charge in [0.2, 0.25) is 0 Å². The maximum absolute atomic E-state index is 12.6. The third kappa shape index (κ3) is 3.56. The Bertz CT molecular complexity index is 941. The number of benzene rings is 1. The predicted octanol–water partition coefficient (Wildman–Crippen LogP) is 4.85. The van der Waals surface area contributed by atoms with E-state index >= 15 is 0 Å². The number of carbonyl (C=O) groups excluding carboxylic acids is 1. The highest BCUT2D eigenvalue weighted by molar-refractivity contribution is 8.26. The van der Waals surface area contributed by atoms with Crippen molar-refractivity contribution in [2.75, 3.05) is 0 Å². The van der Waals surface area contributed by atoms with Gasteiger partial charge < -0.3 is 4.42 Å². The summed E-state index contributed by atoms with van der Waals surface area (Å²) in [6.07, 6.45) is 1.64. The molecule has 1 saturated heterocycles. The van der Waals surface area contributed by atoms with Crippen LogP contribution in [0.1, 0.15) is 26.5 Å². The van der Waals surface area contributed by atoms with Crippen LogP contribution in [0, 0.1) is 10.1 Å². The molecule has 6 nitrogen and oxygen atoms in total. The van der Waals surface area contributed by atoms with Crippen LogP contribution in [0.15, 0.2) is 45.7 Å². The zero-order valence-corrected chi connectivity index (χ0v) is 16.0. The van der Waals surface area contributed by atoms with Crippen molar-refractivity contribution in [3.05, 3.63) is 57.2 Å². The molecule has 8 heteroatoms. The number of non-ortho nitro benzene ring substituents is 1. The van der Waals surface area contributed by atoms with Gasteiger partial charge in [-0.25, -0.2) is 0 Å². The summed E-state index contributed by atoms with van der Waals surface area (Å²) >= 11 is 6.55. The first kappa shape index (κ1) is 18.3. The number of nitro groups is 1. The lowest BCUT2D eigenvalue weighted by molar-refractivity contribution is -0.384. The van der Waals surface area contributed by atoms with Crippen molar-refractivity contribution in [3.63, 3.8) is 0 Å². The van der Waals surface area contributed by atoms with E-state index in [1.54, 1.807) is 35.2 Å². The summed E-state index contributed by atoms with van der Waals surface area (Å²) < 4.78 is 6.26. The molecule has 1 aromatic carbocycles. The number of thioether (sulfide) groups is 1. The molecule has 0 spiro atoms. The van der Waals surface area contributed by atoms with Gasteiger partial charge in [-0.15, -0.1) is 0 Å². The molecule has 2 aromatic rings. The van der Waals surface area contributed by atoms with E-state index in [2.05, 4.69) is 0 Å². The average molecular weight is 388 g/mol. The first-order chi connectivity index (χ1) is 12.2. The van der Waals surface area contributed by atoms with Gasteiger partial charge in [-0.3, -0.25) is 19.8 Å². The number of hydrogen-bond acceptors (Lipinski definition) is 6. The van der Waals surface area contributed by atoms with Crippen LogP contribution < -0.4 is 0 Å². The third-order valence-corrected chi connectivity index (χ3v) is 5.01. The zero-order valence-electron chi connectivity index (χ0n) is 14.4. The highest BCUT2D eigenvalue weighted by Gasteiger charge is 2.39. The largest absolute Gasteiger partial charge is 0.457 e. The molecule has 0 radical (unpaired) electrons. The van der Waals surface area contributed by atoms with Crippen molar-refractivity contribution in [2.24, 2.45) is 0 Å². The van der Waals surface area contributed by atoms with Gasteiger partial charge >= 0.3 is 0 Å². The topological polar surface area (TPSA) is 76.6 Å². The monoisotopic (exact) mass is 388 g/mol. The molecule has 0 N–H and O–H groups in total. The first-order valence-electron chi connectivity index (χ1n) is 7.79. The lowest BCUT2D eigenvalue weighted by Gasteiger charge is -2.30. The second-order valence-corrected chi connectivity index (χ2v) is 8.37. The van der Waals surface area contributed by atoms with E-state index in [-0.39, 0.29) is 11.6 Å². The molecule has 0 aliphatic carbocycles. The summed E-state index contributed by atoms with van der Waals surface area (Å²) in [7, 11) is 0. The maximum atomic E-state index is 12.6. The molecule has 1 aromatic heterocycles. The van der Waals surface area contributed by atoms with E-state index in [4.69, 9.17) is 16.6 Å². The third-order valence-electron chi connectivity index (χ3n) is 3.71. The molecule has 0 bridgehead atoms. The number of amides is 1. The molecule has 134 valence electrons. The Balaban J connectivity index is 1.88. The molecule has 2 heterocycles. The zero-order chi connectivity index (χ0) is 19.1. The fourth-order valence-electron chi connectivity index (χ4n) is 2.53. The molecule has 26 heavy (non-hydrogen) atoms. The number of carbonyl (C=O) groups is 1. The lowest BCUT2D eigenvalue weighted by atomic mass is 10.1. The molecule has 0 saturated carbocycles. The first-order valence-corrected chi connectivity index (χ1v) is 9.02. The van der Waals surface area contributed by atoms with Gasteiger partial charge in [0.15, 0.2) is 0 Å². The minimum atomic E-state index is -0.453. The summed E-state index contributed by atoms with van der Waals surface area (Å²) in [5, 5.41) is 10.9. The molecule has 1 aliphatic rings. The Morgan fingerprint density at radius 2 is 2.00 bits per heavy atom. The molecular formula is C18H16N2O4S2. The van der Waals surface area contributed by atoms with Crippen LogP contribution in [0.2, 0.25) is 0 Å². The summed E-state index contributed by atoms with van der Waals surface area (Å²) in [4.78, 5) is 25.1. The molecule has 0 unspecified atom stereocenters. The minimum absolute atomic E-state index is 0.00787. The fourth-order valence-corrected chi connectivity index (χ4v) is 4.15. The fraction of sp³-hybridized carbons (Fsp3) is 0.222. The Kier molecular flexibility index (Phi) is 4.72. The van der Waals surface area contributed by atoms with Crippen molar-refractivity contribution in [3.8, 4) is 11.3 Å². The van der Waals surface area contributed by atoms with E-state index in [9.17, 15) is 14.9 Å². The Hall–Kier alpha value is -2.45. The number of nitrogens with zero attached hydrogens (tertiary/aromatic N) is 2. The average Bonchev–Trinajstić information content (AvgIpc) is 3.12. The molecule has 1 amide bonds. The quantitative estimate of drug-likeness (QED) is 0.324. The van der Waals surface area contributed by atoms with Crippen molar-refractivity contribution in [1.29, 1.82) is 0 Å². The van der Waals surface area contributed by atoms with Crippen molar-refractivity contribution in [1.82, 2.24) is 4.90 Å². The normalized spacial score (nSPS) is 16.6. The van der Waals surface area contributed by atoms with Gasteiger partial charge in [0.25, 0.3) is 11.6 Å². The summed E-state index contributed by atoms with van der Waals surface area (Å²) in [6, 6.07) is 9.64. The summed E-state index contributed by atoms with van der Waals surface area (Å²) in [5.74, 6) is 0.827. The van der Waals surface area contributed by atoms with Gasteiger partial charge in [-0.1, -0.05) is 36.1 Å². The Labute approximate surface area is 160 Å². The minimum Gasteiger partial charge on any atom is -0.457 e. The Morgan fingerprint density at radius 1 is 1.27 bits per heavy atom.